The average molecular weight is 310 g/mol. The van der Waals surface area contributed by atoms with Crippen molar-refractivity contribution in [1.29, 1.82) is 0 Å². The zero-order chi connectivity index (χ0) is 14.8. The molecule has 21 heavy (non-hydrogen) atoms. The SMILES string of the molecule is Fc1cccc(Oc2cccc(Cl)c2CNC2CC2)c1F. The fourth-order valence-electron chi connectivity index (χ4n) is 2.02. The number of hydrogen-bond donors (Lipinski definition) is 1. The van der Waals surface area contributed by atoms with Crippen molar-refractivity contribution >= 4 is 11.6 Å². The third-order valence-electron chi connectivity index (χ3n) is 3.36. The first-order chi connectivity index (χ1) is 10.1. The number of nitrogens with one attached hydrogen (secondary N) is 1. The molecule has 0 bridgehead atoms. The monoisotopic (exact) mass is 309 g/mol. The van der Waals surface area contributed by atoms with Crippen LogP contribution in [0.1, 0.15) is 18.4 Å². The van der Waals surface area contributed by atoms with E-state index in [1.807, 2.05) is 0 Å². The first-order valence-corrected chi connectivity index (χ1v) is 7.15. The molecule has 0 radical (unpaired) electrons. The molecule has 1 N–H and O–H groups in total. The highest BCUT2D eigenvalue weighted by Crippen LogP contribution is 2.33. The normalized spacial score (nSPS) is 14.2. The van der Waals surface area contributed by atoms with E-state index in [4.69, 9.17) is 16.3 Å². The van der Waals surface area contributed by atoms with Crippen LogP contribution in [0.2, 0.25) is 5.02 Å². The Morgan fingerprint density at radius 1 is 1.10 bits per heavy atom. The molecule has 1 aliphatic rings. The highest BCUT2D eigenvalue weighted by Gasteiger charge is 2.21. The van der Waals surface area contributed by atoms with Gasteiger partial charge in [-0.05, 0) is 37.1 Å². The van der Waals surface area contributed by atoms with Gasteiger partial charge in [-0.25, -0.2) is 4.39 Å². The lowest BCUT2D eigenvalue weighted by Crippen LogP contribution is -2.16. The van der Waals surface area contributed by atoms with Gasteiger partial charge in [-0.3, -0.25) is 0 Å². The minimum Gasteiger partial charge on any atom is -0.454 e. The molecule has 0 aliphatic heterocycles. The minimum atomic E-state index is -1.00. The Morgan fingerprint density at radius 3 is 2.57 bits per heavy atom. The van der Waals surface area contributed by atoms with Gasteiger partial charge in [0.25, 0.3) is 0 Å². The van der Waals surface area contributed by atoms with Crippen LogP contribution in [0.5, 0.6) is 11.5 Å². The molecule has 1 fully saturated rings. The smallest absolute Gasteiger partial charge is 0.201 e. The predicted octanol–water partition coefficient (Wildman–Crippen LogP) is 4.66. The summed E-state index contributed by atoms with van der Waals surface area (Å²) in [5, 5.41) is 3.87. The van der Waals surface area contributed by atoms with Gasteiger partial charge in [0, 0.05) is 23.2 Å². The molecule has 0 aromatic heterocycles. The molecule has 5 heteroatoms. The van der Waals surface area contributed by atoms with Crippen LogP contribution in [-0.4, -0.2) is 6.04 Å². The molecule has 0 atom stereocenters. The van der Waals surface area contributed by atoms with Crippen molar-refractivity contribution in [2.75, 3.05) is 0 Å². The van der Waals surface area contributed by atoms with Crippen LogP contribution in [0.25, 0.3) is 0 Å². The van der Waals surface area contributed by atoms with Gasteiger partial charge >= 0.3 is 0 Å². The quantitative estimate of drug-likeness (QED) is 0.867. The molecule has 3 rings (SSSR count). The summed E-state index contributed by atoms with van der Waals surface area (Å²) in [6, 6.07) is 9.52. The van der Waals surface area contributed by atoms with E-state index in [1.54, 1.807) is 18.2 Å². The standard InChI is InChI=1S/C16H14ClF2NO/c17-12-3-1-5-14(11(12)9-20-10-7-8-10)21-15-6-2-4-13(18)16(15)19/h1-6,10,20H,7-9H2. The highest BCUT2D eigenvalue weighted by atomic mass is 35.5. The molecule has 110 valence electrons. The maximum absolute atomic E-state index is 13.7. The van der Waals surface area contributed by atoms with Crippen LogP contribution >= 0.6 is 11.6 Å². The third-order valence-corrected chi connectivity index (χ3v) is 3.71. The van der Waals surface area contributed by atoms with Gasteiger partial charge in [0.15, 0.2) is 11.6 Å². The zero-order valence-corrected chi connectivity index (χ0v) is 12.0. The number of benzene rings is 2. The summed E-state index contributed by atoms with van der Waals surface area (Å²) in [6.45, 7) is 0.538. The second kappa shape index (κ2) is 6.00. The van der Waals surface area contributed by atoms with Crippen molar-refractivity contribution in [1.82, 2.24) is 5.32 Å². The minimum absolute atomic E-state index is 0.148. The molecular weight excluding hydrogens is 296 g/mol. The first kappa shape index (κ1) is 14.3. The molecule has 2 aromatic rings. The molecule has 1 saturated carbocycles. The van der Waals surface area contributed by atoms with Crippen LogP contribution in [0.3, 0.4) is 0 Å². The second-order valence-corrected chi connectivity index (χ2v) is 5.43. The summed E-state index contributed by atoms with van der Waals surface area (Å²) in [6.07, 6.45) is 2.30. The molecule has 0 saturated heterocycles. The lowest BCUT2D eigenvalue weighted by Gasteiger charge is -2.14. The first-order valence-electron chi connectivity index (χ1n) is 6.78. The van der Waals surface area contributed by atoms with E-state index in [0.29, 0.717) is 23.4 Å². The lowest BCUT2D eigenvalue weighted by atomic mass is 10.2. The molecule has 0 heterocycles. The Morgan fingerprint density at radius 2 is 1.81 bits per heavy atom. The summed E-state index contributed by atoms with van der Waals surface area (Å²) in [7, 11) is 0. The van der Waals surface area contributed by atoms with Crippen molar-refractivity contribution < 1.29 is 13.5 Å². The summed E-state index contributed by atoms with van der Waals surface area (Å²) in [5.74, 6) is -1.66. The highest BCUT2D eigenvalue weighted by molar-refractivity contribution is 6.31. The fourth-order valence-corrected chi connectivity index (χ4v) is 2.25. The Kier molecular flexibility index (Phi) is 4.08. The molecule has 2 aromatic carbocycles. The van der Waals surface area contributed by atoms with E-state index in [1.165, 1.54) is 12.1 Å². The van der Waals surface area contributed by atoms with Gasteiger partial charge in [-0.2, -0.15) is 4.39 Å². The topological polar surface area (TPSA) is 21.3 Å². The Bertz CT molecular complexity index is 659. The van der Waals surface area contributed by atoms with Crippen LogP contribution in [0, 0.1) is 11.6 Å². The van der Waals surface area contributed by atoms with Gasteiger partial charge < -0.3 is 10.1 Å². The predicted molar refractivity (Wildman–Crippen MR) is 77.7 cm³/mol. The van der Waals surface area contributed by atoms with Gasteiger partial charge in [-0.15, -0.1) is 0 Å². The summed E-state index contributed by atoms with van der Waals surface area (Å²) in [5.41, 5.74) is 0.745. The maximum Gasteiger partial charge on any atom is 0.201 e. The molecule has 1 aliphatic carbocycles. The summed E-state index contributed by atoms with van der Waals surface area (Å²) >= 11 is 6.18. The molecule has 0 spiro atoms. The third kappa shape index (κ3) is 3.34. The van der Waals surface area contributed by atoms with Crippen molar-refractivity contribution in [3.63, 3.8) is 0 Å². The molecule has 0 amide bonds. The van der Waals surface area contributed by atoms with E-state index >= 15 is 0 Å². The van der Waals surface area contributed by atoms with E-state index in [9.17, 15) is 8.78 Å². The van der Waals surface area contributed by atoms with Crippen LogP contribution < -0.4 is 10.1 Å². The number of halogens is 3. The van der Waals surface area contributed by atoms with Gasteiger partial charge in [-0.1, -0.05) is 23.7 Å². The van der Waals surface area contributed by atoms with Gasteiger partial charge in [0.05, 0.1) is 0 Å². The number of hydrogen-bond acceptors (Lipinski definition) is 2. The van der Waals surface area contributed by atoms with E-state index < -0.39 is 11.6 Å². The Hall–Kier alpha value is -1.65. The lowest BCUT2D eigenvalue weighted by molar-refractivity contribution is 0.411. The van der Waals surface area contributed by atoms with Crippen molar-refractivity contribution in [3.8, 4) is 11.5 Å². The van der Waals surface area contributed by atoms with Crippen molar-refractivity contribution in [3.05, 3.63) is 58.6 Å². The summed E-state index contributed by atoms with van der Waals surface area (Å²) < 4.78 is 32.4. The Balaban J connectivity index is 1.86. The maximum atomic E-state index is 13.7. The Labute approximate surface area is 126 Å². The van der Waals surface area contributed by atoms with E-state index in [2.05, 4.69) is 5.32 Å². The van der Waals surface area contributed by atoms with Crippen LogP contribution in [-0.2, 0) is 6.54 Å². The largest absolute Gasteiger partial charge is 0.454 e. The second-order valence-electron chi connectivity index (χ2n) is 5.03. The summed E-state index contributed by atoms with van der Waals surface area (Å²) in [4.78, 5) is 0. The zero-order valence-electron chi connectivity index (χ0n) is 11.2. The van der Waals surface area contributed by atoms with Crippen molar-refractivity contribution in [2.45, 2.75) is 25.4 Å². The number of ether oxygens (including phenoxy) is 1. The van der Waals surface area contributed by atoms with Gasteiger partial charge in [0.2, 0.25) is 5.82 Å². The van der Waals surface area contributed by atoms with E-state index in [0.717, 1.165) is 24.5 Å². The van der Waals surface area contributed by atoms with Crippen LogP contribution in [0.4, 0.5) is 8.78 Å². The van der Waals surface area contributed by atoms with Crippen LogP contribution in [0.15, 0.2) is 36.4 Å². The number of rotatable bonds is 5. The van der Waals surface area contributed by atoms with Gasteiger partial charge in [0.1, 0.15) is 5.75 Å². The average Bonchev–Trinajstić information content (AvgIpc) is 3.27. The molecule has 0 unspecified atom stereocenters. The van der Waals surface area contributed by atoms with Crippen molar-refractivity contribution in [2.24, 2.45) is 0 Å². The van der Waals surface area contributed by atoms with E-state index in [-0.39, 0.29) is 5.75 Å². The molecule has 2 nitrogen and oxygen atoms in total. The molecular formula is C16H14ClF2NO. The fraction of sp³-hybridized carbons (Fsp3) is 0.250.